The average Bonchev–Trinajstić information content (AvgIpc) is 2.90. The smallest absolute Gasteiger partial charge is 0.255 e. The van der Waals surface area contributed by atoms with Crippen molar-refractivity contribution >= 4 is 28.9 Å². The molecule has 0 heterocycles. The Labute approximate surface area is 207 Å². The molecule has 3 aromatic rings. The minimum Gasteiger partial charge on any atom is -0.497 e. The highest BCUT2D eigenvalue weighted by Gasteiger charge is 2.08. The van der Waals surface area contributed by atoms with Gasteiger partial charge in [-0.05, 0) is 92.8 Å². The number of nitrogens with one attached hydrogen (secondary N) is 3. The second kappa shape index (κ2) is 13.2. The van der Waals surface area contributed by atoms with Gasteiger partial charge in [0.1, 0.15) is 5.75 Å². The number of methoxy groups -OCH3 is 1. The maximum atomic E-state index is 12.5. The van der Waals surface area contributed by atoms with Gasteiger partial charge in [-0.1, -0.05) is 19.9 Å². The van der Waals surface area contributed by atoms with Gasteiger partial charge in [-0.2, -0.15) is 0 Å². The summed E-state index contributed by atoms with van der Waals surface area (Å²) in [5.74, 6) is 0.433. The van der Waals surface area contributed by atoms with Crippen LogP contribution in [-0.4, -0.2) is 50.0 Å². The average molecular weight is 475 g/mol. The quantitative estimate of drug-likeness (QED) is 0.316. The number of hydrogen-bond acceptors (Lipinski definition) is 5. The standard InChI is InChI=1S/C28H34N4O3/c1-4-32(5-2)19-7-18-29-27(33)22-8-6-9-25(20-22)30-23-12-14-24(15-13-23)31-28(34)21-10-16-26(35-3)17-11-21/h6,8-17,20,30H,4-5,7,18-19H2,1-3H3,(H,29,33)(H,31,34). The first-order valence-corrected chi connectivity index (χ1v) is 12.0. The molecule has 0 unspecified atom stereocenters. The summed E-state index contributed by atoms with van der Waals surface area (Å²) in [7, 11) is 1.59. The van der Waals surface area contributed by atoms with Crippen molar-refractivity contribution in [1.29, 1.82) is 0 Å². The highest BCUT2D eigenvalue weighted by Crippen LogP contribution is 2.21. The number of rotatable bonds is 12. The van der Waals surface area contributed by atoms with Crippen molar-refractivity contribution in [1.82, 2.24) is 10.2 Å². The second-order valence-corrected chi connectivity index (χ2v) is 8.10. The van der Waals surface area contributed by atoms with Gasteiger partial charge in [0, 0.05) is 34.7 Å². The fourth-order valence-electron chi connectivity index (χ4n) is 3.63. The third kappa shape index (κ3) is 7.86. The zero-order valence-electron chi connectivity index (χ0n) is 20.6. The molecule has 0 atom stereocenters. The molecule has 0 aromatic heterocycles. The monoisotopic (exact) mass is 474 g/mol. The van der Waals surface area contributed by atoms with Crippen LogP contribution in [0.4, 0.5) is 17.1 Å². The maximum Gasteiger partial charge on any atom is 0.255 e. The van der Waals surface area contributed by atoms with Crippen LogP contribution in [0.15, 0.2) is 72.8 Å². The molecule has 0 aliphatic carbocycles. The summed E-state index contributed by atoms with van der Waals surface area (Å²) in [5, 5.41) is 9.19. The number of ether oxygens (including phenoxy) is 1. The molecule has 0 fully saturated rings. The van der Waals surface area contributed by atoms with E-state index in [0.29, 0.717) is 29.1 Å². The van der Waals surface area contributed by atoms with E-state index in [2.05, 4.69) is 34.7 Å². The van der Waals surface area contributed by atoms with Crippen molar-refractivity contribution in [3.63, 3.8) is 0 Å². The maximum absolute atomic E-state index is 12.5. The summed E-state index contributed by atoms with van der Waals surface area (Å²) >= 11 is 0. The molecule has 0 saturated carbocycles. The van der Waals surface area contributed by atoms with E-state index in [-0.39, 0.29) is 11.8 Å². The summed E-state index contributed by atoms with van der Waals surface area (Å²) < 4.78 is 5.12. The number of anilines is 3. The molecular weight excluding hydrogens is 440 g/mol. The van der Waals surface area contributed by atoms with Crippen LogP contribution in [0.25, 0.3) is 0 Å². The number of carbonyl (C=O) groups excluding carboxylic acids is 2. The zero-order chi connectivity index (χ0) is 25.0. The second-order valence-electron chi connectivity index (χ2n) is 8.10. The minimum atomic E-state index is -0.191. The van der Waals surface area contributed by atoms with E-state index in [1.807, 2.05) is 48.5 Å². The topological polar surface area (TPSA) is 82.7 Å². The lowest BCUT2D eigenvalue weighted by Gasteiger charge is -2.17. The predicted octanol–water partition coefficient (Wildman–Crippen LogP) is 5.15. The van der Waals surface area contributed by atoms with Gasteiger partial charge < -0.3 is 25.6 Å². The van der Waals surface area contributed by atoms with E-state index in [9.17, 15) is 9.59 Å². The summed E-state index contributed by atoms with van der Waals surface area (Å²) in [6.45, 7) is 7.96. The van der Waals surface area contributed by atoms with E-state index < -0.39 is 0 Å². The van der Waals surface area contributed by atoms with Gasteiger partial charge in [-0.25, -0.2) is 0 Å². The zero-order valence-corrected chi connectivity index (χ0v) is 20.6. The number of amides is 2. The van der Waals surface area contributed by atoms with Crippen LogP contribution in [0.2, 0.25) is 0 Å². The van der Waals surface area contributed by atoms with E-state index in [1.165, 1.54) is 0 Å². The molecular formula is C28H34N4O3. The van der Waals surface area contributed by atoms with Gasteiger partial charge in [-0.15, -0.1) is 0 Å². The molecule has 0 bridgehead atoms. The highest BCUT2D eigenvalue weighted by atomic mass is 16.5. The number of carbonyl (C=O) groups is 2. The Kier molecular flexibility index (Phi) is 9.69. The van der Waals surface area contributed by atoms with Crippen molar-refractivity contribution < 1.29 is 14.3 Å². The van der Waals surface area contributed by atoms with E-state index in [1.54, 1.807) is 31.4 Å². The lowest BCUT2D eigenvalue weighted by molar-refractivity contribution is 0.0951. The van der Waals surface area contributed by atoms with Crippen molar-refractivity contribution in [3.8, 4) is 5.75 Å². The first-order chi connectivity index (χ1) is 17.0. The normalized spacial score (nSPS) is 10.6. The lowest BCUT2D eigenvalue weighted by Crippen LogP contribution is -2.29. The van der Waals surface area contributed by atoms with Crippen molar-refractivity contribution in [3.05, 3.63) is 83.9 Å². The molecule has 0 saturated heterocycles. The Hall–Kier alpha value is -3.84. The Morgan fingerprint density at radius 2 is 1.49 bits per heavy atom. The van der Waals surface area contributed by atoms with E-state index in [0.717, 1.165) is 37.4 Å². The summed E-state index contributed by atoms with van der Waals surface area (Å²) in [4.78, 5) is 27.3. The summed E-state index contributed by atoms with van der Waals surface area (Å²) in [6, 6.07) is 21.8. The van der Waals surface area contributed by atoms with Gasteiger partial charge in [0.15, 0.2) is 0 Å². The highest BCUT2D eigenvalue weighted by molar-refractivity contribution is 6.04. The molecule has 3 rings (SSSR count). The number of benzene rings is 3. The van der Waals surface area contributed by atoms with Crippen LogP contribution >= 0.6 is 0 Å². The van der Waals surface area contributed by atoms with Crippen LogP contribution < -0.4 is 20.7 Å². The first-order valence-electron chi connectivity index (χ1n) is 12.0. The van der Waals surface area contributed by atoms with Crippen LogP contribution in [0.1, 0.15) is 41.0 Å². The molecule has 3 N–H and O–H groups in total. The molecule has 2 amide bonds. The van der Waals surface area contributed by atoms with Gasteiger partial charge in [-0.3, -0.25) is 9.59 Å². The lowest BCUT2D eigenvalue weighted by atomic mass is 10.1. The molecule has 0 radical (unpaired) electrons. The minimum absolute atomic E-state index is 0.0789. The fraction of sp³-hybridized carbons (Fsp3) is 0.286. The summed E-state index contributed by atoms with van der Waals surface area (Å²) in [6.07, 6.45) is 0.923. The third-order valence-electron chi connectivity index (χ3n) is 5.74. The van der Waals surface area contributed by atoms with Crippen molar-refractivity contribution in [2.75, 3.05) is 43.9 Å². The van der Waals surface area contributed by atoms with E-state index in [4.69, 9.17) is 4.74 Å². The molecule has 3 aromatic carbocycles. The number of nitrogens with zero attached hydrogens (tertiary/aromatic N) is 1. The molecule has 0 aliphatic heterocycles. The van der Waals surface area contributed by atoms with Gasteiger partial charge in [0.2, 0.25) is 0 Å². The molecule has 7 nitrogen and oxygen atoms in total. The third-order valence-corrected chi connectivity index (χ3v) is 5.74. The SMILES string of the molecule is CCN(CC)CCCNC(=O)c1cccc(Nc2ccc(NC(=O)c3ccc(OC)cc3)cc2)c1. The fourth-order valence-corrected chi connectivity index (χ4v) is 3.63. The van der Waals surface area contributed by atoms with Crippen LogP contribution in [0.5, 0.6) is 5.75 Å². The Morgan fingerprint density at radius 1 is 0.800 bits per heavy atom. The summed E-state index contributed by atoms with van der Waals surface area (Å²) in [5.41, 5.74) is 3.52. The van der Waals surface area contributed by atoms with Crippen LogP contribution in [0, 0.1) is 0 Å². The Bertz CT molecular complexity index is 1090. The largest absolute Gasteiger partial charge is 0.497 e. The van der Waals surface area contributed by atoms with Crippen LogP contribution in [0.3, 0.4) is 0 Å². The van der Waals surface area contributed by atoms with Gasteiger partial charge >= 0.3 is 0 Å². The Morgan fingerprint density at radius 3 is 2.14 bits per heavy atom. The molecule has 35 heavy (non-hydrogen) atoms. The van der Waals surface area contributed by atoms with Crippen molar-refractivity contribution in [2.24, 2.45) is 0 Å². The van der Waals surface area contributed by atoms with Crippen molar-refractivity contribution in [2.45, 2.75) is 20.3 Å². The number of hydrogen-bond donors (Lipinski definition) is 3. The Balaban J connectivity index is 1.52. The molecule has 0 aliphatic rings. The van der Waals surface area contributed by atoms with E-state index >= 15 is 0 Å². The molecule has 7 heteroatoms. The van der Waals surface area contributed by atoms with Crippen LogP contribution in [-0.2, 0) is 0 Å². The molecule has 0 spiro atoms. The molecule has 184 valence electrons. The first kappa shape index (κ1) is 25.8. The van der Waals surface area contributed by atoms with Gasteiger partial charge in [0.05, 0.1) is 7.11 Å². The van der Waals surface area contributed by atoms with Gasteiger partial charge in [0.25, 0.3) is 11.8 Å². The predicted molar refractivity (Wildman–Crippen MR) is 142 cm³/mol.